The molecule has 2 heterocycles. The number of piperidine rings is 1. The molecule has 1 aliphatic rings. The van der Waals surface area contributed by atoms with E-state index in [0.717, 1.165) is 19.5 Å². The predicted octanol–water partition coefficient (Wildman–Crippen LogP) is 1.10. The molecule has 1 N–H and O–H groups in total. The van der Waals surface area contributed by atoms with Crippen molar-refractivity contribution < 1.29 is 13.2 Å². The van der Waals surface area contributed by atoms with Crippen LogP contribution in [-0.4, -0.2) is 51.5 Å². The summed E-state index contributed by atoms with van der Waals surface area (Å²) in [6.07, 6.45) is 4.79. The quantitative estimate of drug-likeness (QED) is 0.851. The molecule has 118 valence electrons. The highest BCUT2D eigenvalue weighted by molar-refractivity contribution is 7.89. The van der Waals surface area contributed by atoms with Crippen LogP contribution in [0.15, 0.2) is 23.2 Å². The first kappa shape index (κ1) is 16.2. The zero-order valence-electron chi connectivity index (χ0n) is 12.6. The second kappa shape index (κ2) is 7.20. The van der Waals surface area contributed by atoms with E-state index in [1.807, 2.05) is 0 Å². The lowest BCUT2D eigenvalue weighted by atomic mass is 9.97. The third-order valence-corrected chi connectivity index (χ3v) is 5.46. The molecular formula is C14H23N3O3S. The molecule has 0 aliphatic carbocycles. The van der Waals surface area contributed by atoms with Crippen molar-refractivity contribution in [1.82, 2.24) is 14.6 Å². The fourth-order valence-electron chi connectivity index (χ4n) is 2.32. The molecule has 1 aromatic heterocycles. The maximum Gasteiger partial charge on any atom is 0.244 e. The van der Waals surface area contributed by atoms with Crippen LogP contribution in [0.1, 0.15) is 19.3 Å². The molecule has 7 heteroatoms. The molecule has 1 aliphatic heterocycles. The van der Waals surface area contributed by atoms with Crippen LogP contribution in [0.4, 0.5) is 0 Å². The van der Waals surface area contributed by atoms with Crippen LogP contribution in [-0.2, 0) is 10.0 Å². The Morgan fingerprint density at radius 2 is 2.24 bits per heavy atom. The van der Waals surface area contributed by atoms with Gasteiger partial charge in [-0.3, -0.25) is 0 Å². The number of sulfonamides is 1. The Kier molecular flexibility index (Phi) is 5.55. The molecule has 0 aromatic carbocycles. The van der Waals surface area contributed by atoms with Crippen LogP contribution < -0.4 is 10.1 Å². The van der Waals surface area contributed by atoms with Crippen LogP contribution in [0.25, 0.3) is 0 Å². The van der Waals surface area contributed by atoms with Gasteiger partial charge in [0, 0.05) is 20.2 Å². The van der Waals surface area contributed by atoms with Crippen molar-refractivity contribution in [2.75, 3.05) is 33.8 Å². The lowest BCUT2D eigenvalue weighted by molar-refractivity contribution is 0.247. The van der Waals surface area contributed by atoms with Gasteiger partial charge in [0.25, 0.3) is 0 Å². The first-order valence-corrected chi connectivity index (χ1v) is 8.66. The smallest absolute Gasteiger partial charge is 0.244 e. The van der Waals surface area contributed by atoms with E-state index in [0.29, 0.717) is 18.4 Å². The van der Waals surface area contributed by atoms with E-state index in [-0.39, 0.29) is 4.90 Å². The molecule has 0 radical (unpaired) electrons. The Bertz CT molecular complexity index is 537. The van der Waals surface area contributed by atoms with Gasteiger partial charge in [0.1, 0.15) is 4.90 Å². The number of aromatic nitrogens is 1. The zero-order chi connectivity index (χ0) is 15.3. The second-order valence-electron chi connectivity index (χ2n) is 5.47. The normalized spacial score (nSPS) is 19.7. The highest BCUT2D eigenvalue weighted by Crippen LogP contribution is 2.17. The largest absolute Gasteiger partial charge is 0.478 e. The molecule has 1 aromatic rings. The van der Waals surface area contributed by atoms with Crippen LogP contribution in [0.2, 0.25) is 0 Å². The first-order chi connectivity index (χ1) is 10.00. The van der Waals surface area contributed by atoms with Gasteiger partial charge in [0.15, 0.2) is 0 Å². The average molecular weight is 313 g/mol. The van der Waals surface area contributed by atoms with E-state index in [1.165, 1.54) is 43.5 Å². The molecule has 1 saturated heterocycles. The highest BCUT2D eigenvalue weighted by Gasteiger charge is 2.17. The lowest BCUT2D eigenvalue weighted by Gasteiger charge is -2.22. The van der Waals surface area contributed by atoms with Crippen molar-refractivity contribution in [3.05, 3.63) is 18.3 Å². The average Bonchev–Trinajstić information content (AvgIpc) is 2.49. The van der Waals surface area contributed by atoms with E-state index in [9.17, 15) is 8.42 Å². The third-order valence-electron chi connectivity index (χ3n) is 3.66. The summed E-state index contributed by atoms with van der Waals surface area (Å²) in [6.45, 7) is 2.77. The Labute approximate surface area is 126 Å². The number of hydrogen-bond acceptors (Lipinski definition) is 5. The van der Waals surface area contributed by atoms with Gasteiger partial charge in [-0.2, -0.15) is 0 Å². The van der Waals surface area contributed by atoms with Gasteiger partial charge in [-0.05, 0) is 44.3 Å². The van der Waals surface area contributed by atoms with Gasteiger partial charge in [-0.25, -0.2) is 17.7 Å². The molecule has 0 bridgehead atoms. The summed E-state index contributed by atoms with van der Waals surface area (Å²) in [7, 11) is -0.428. The van der Waals surface area contributed by atoms with Crippen molar-refractivity contribution >= 4 is 10.0 Å². The molecule has 1 unspecified atom stereocenters. The number of hydrogen-bond donors (Lipinski definition) is 1. The van der Waals surface area contributed by atoms with Crippen molar-refractivity contribution in [2.45, 2.75) is 24.2 Å². The third kappa shape index (κ3) is 4.39. The molecule has 1 fully saturated rings. The van der Waals surface area contributed by atoms with Gasteiger partial charge in [-0.15, -0.1) is 0 Å². The molecule has 21 heavy (non-hydrogen) atoms. The van der Waals surface area contributed by atoms with Gasteiger partial charge < -0.3 is 10.1 Å². The predicted molar refractivity (Wildman–Crippen MR) is 80.8 cm³/mol. The van der Waals surface area contributed by atoms with Gasteiger partial charge in [0.05, 0.1) is 12.8 Å². The number of pyridine rings is 1. The fourth-order valence-corrected chi connectivity index (χ4v) is 3.16. The van der Waals surface area contributed by atoms with E-state index in [2.05, 4.69) is 10.3 Å². The molecule has 0 amide bonds. The topological polar surface area (TPSA) is 71.5 Å². The standard InChI is InChI=1S/C14H23N3O3S/c1-17(2)21(18,19)13-5-6-14(16-11-13)20-9-7-12-4-3-8-15-10-12/h5-6,11-12,15H,3-4,7-10H2,1-2H3. The summed E-state index contributed by atoms with van der Waals surface area (Å²) in [5.41, 5.74) is 0. The molecule has 1 atom stereocenters. The van der Waals surface area contributed by atoms with Gasteiger partial charge >= 0.3 is 0 Å². The van der Waals surface area contributed by atoms with E-state index < -0.39 is 10.0 Å². The number of nitrogens with zero attached hydrogens (tertiary/aromatic N) is 2. The zero-order valence-corrected chi connectivity index (χ0v) is 13.4. The Morgan fingerprint density at radius 1 is 1.43 bits per heavy atom. The minimum Gasteiger partial charge on any atom is -0.478 e. The maximum absolute atomic E-state index is 11.9. The monoisotopic (exact) mass is 313 g/mol. The van der Waals surface area contributed by atoms with Crippen molar-refractivity contribution in [3.8, 4) is 5.88 Å². The summed E-state index contributed by atoms with van der Waals surface area (Å²) in [5, 5.41) is 3.38. The SMILES string of the molecule is CN(C)S(=O)(=O)c1ccc(OCCC2CCCNC2)nc1. The van der Waals surface area contributed by atoms with Gasteiger partial charge in [0.2, 0.25) is 15.9 Å². The fraction of sp³-hybridized carbons (Fsp3) is 0.643. The Morgan fingerprint density at radius 3 is 2.81 bits per heavy atom. The van der Waals surface area contributed by atoms with Crippen molar-refractivity contribution in [2.24, 2.45) is 5.92 Å². The Balaban J connectivity index is 1.85. The summed E-state index contributed by atoms with van der Waals surface area (Å²) in [4.78, 5) is 4.24. The van der Waals surface area contributed by atoms with E-state index >= 15 is 0 Å². The lowest BCUT2D eigenvalue weighted by Crippen LogP contribution is -2.30. The summed E-state index contributed by atoms with van der Waals surface area (Å²) < 4.78 is 30.6. The molecule has 6 nitrogen and oxygen atoms in total. The minimum atomic E-state index is -3.42. The molecule has 0 spiro atoms. The number of ether oxygens (including phenoxy) is 1. The van der Waals surface area contributed by atoms with Crippen LogP contribution in [0.3, 0.4) is 0 Å². The number of nitrogens with one attached hydrogen (secondary N) is 1. The minimum absolute atomic E-state index is 0.177. The summed E-state index contributed by atoms with van der Waals surface area (Å²) in [5.74, 6) is 1.13. The first-order valence-electron chi connectivity index (χ1n) is 7.22. The summed E-state index contributed by atoms with van der Waals surface area (Å²) >= 11 is 0. The molecular weight excluding hydrogens is 290 g/mol. The van der Waals surface area contributed by atoms with Crippen molar-refractivity contribution in [1.29, 1.82) is 0 Å². The van der Waals surface area contributed by atoms with Crippen LogP contribution >= 0.6 is 0 Å². The van der Waals surface area contributed by atoms with E-state index in [4.69, 9.17) is 4.74 Å². The molecule has 0 saturated carbocycles. The maximum atomic E-state index is 11.9. The van der Waals surface area contributed by atoms with Gasteiger partial charge in [-0.1, -0.05) is 0 Å². The van der Waals surface area contributed by atoms with Crippen LogP contribution in [0, 0.1) is 5.92 Å². The van der Waals surface area contributed by atoms with E-state index in [1.54, 1.807) is 6.07 Å². The summed E-state index contributed by atoms with van der Waals surface area (Å²) in [6, 6.07) is 3.13. The van der Waals surface area contributed by atoms with Crippen molar-refractivity contribution in [3.63, 3.8) is 0 Å². The Hall–Kier alpha value is -1.18. The second-order valence-corrected chi connectivity index (χ2v) is 7.62. The number of rotatable bonds is 6. The highest BCUT2D eigenvalue weighted by atomic mass is 32.2. The van der Waals surface area contributed by atoms with Crippen LogP contribution in [0.5, 0.6) is 5.88 Å². The molecule has 2 rings (SSSR count).